The summed E-state index contributed by atoms with van der Waals surface area (Å²) in [5.74, 6) is 0.487. The maximum atomic E-state index is 13.0. The summed E-state index contributed by atoms with van der Waals surface area (Å²) in [6, 6.07) is 4.11. The van der Waals surface area contributed by atoms with Crippen LogP contribution in [0.15, 0.2) is 18.3 Å². The smallest absolute Gasteiger partial charge is 0.242 e. The number of aromatic nitrogens is 1. The van der Waals surface area contributed by atoms with Gasteiger partial charge in [0.15, 0.2) is 0 Å². The maximum absolute atomic E-state index is 13.0. The van der Waals surface area contributed by atoms with Gasteiger partial charge in [-0.25, -0.2) is 0 Å². The van der Waals surface area contributed by atoms with Crippen molar-refractivity contribution in [2.45, 2.75) is 66.5 Å². The number of nitrogens with zero attached hydrogens (tertiary/aromatic N) is 3. The first-order valence-corrected chi connectivity index (χ1v) is 9.47. The molecule has 0 aliphatic heterocycles. The molecule has 0 aromatic carbocycles. The summed E-state index contributed by atoms with van der Waals surface area (Å²) in [6.45, 7) is 11.7. The highest BCUT2D eigenvalue weighted by Gasteiger charge is 2.25. The van der Waals surface area contributed by atoms with Crippen molar-refractivity contribution in [3.05, 3.63) is 24.0 Å². The molecular formula is C20H35N3O2. The van der Waals surface area contributed by atoms with Crippen LogP contribution in [0.2, 0.25) is 0 Å². The zero-order valence-corrected chi connectivity index (χ0v) is 16.8. The minimum absolute atomic E-state index is 0.0275. The first kappa shape index (κ1) is 21.3. The number of carbonyl (C=O) groups excluding carboxylic acids is 2. The third kappa shape index (κ3) is 6.56. The van der Waals surface area contributed by atoms with E-state index in [0.717, 1.165) is 18.5 Å². The van der Waals surface area contributed by atoms with Gasteiger partial charge in [0.1, 0.15) is 0 Å². The van der Waals surface area contributed by atoms with E-state index in [4.69, 9.17) is 0 Å². The van der Waals surface area contributed by atoms with Crippen molar-refractivity contribution in [2.24, 2.45) is 13.0 Å². The van der Waals surface area contributed by atoms with E-state index in [-0.39, 0.29) is 24.4 Å². The first-order valence-electron chi connectivity index (χ1n) is 9.47. The molecule has 5 nitrogen and oxygen atoms in total. The van der Waals surface area contributed by atoms with Gasteiger partial charge >= 0.3 is 0 Å². The largest absolute Gasteiger partial charge is 0.353 e. The highest BCUT2D eigenvalue weighted by Crippen LogP contribution is 2.12. The van der Waals surface area contributed by atoms with Gasteiger partial charge in [-0.3, -0.25) is 9.59 Å². The lowest BCUT2D eigenvalue weighted by Gasteiger charge is -2.32. The highest BCUT2D eigenvalue weighted by atomic mass is 16.2. The Kier molecular flexibility index (Phi) is 8.73. The normalized spacial score (nSPS) is 12.3. The van der Waals surface area contributed by atoms with Crippen LogP contribution in [0.1, 0.15) is 59.6 Å². The van der Waals surface area contributed by atoms with Gasteiger partial charge in [0, 0.05) is 37.9 Å². The molecule has 0 bridgehead atoms. The van der Waals surface area contributed by atoms with Crippen LogP contribution in [0.3, 0.4) is 0 Å². The second-order valence-corrected chi connectivity index (χ2v) is 7.31. The van der Waals surface area contributed by atoms with Crippen molar-refractivity contribution in [1.29, 1.82) is 0 Å². The molecule has 1 atom stereocenters. The molecule has 0 spiro atoms. The topological polar surface area (TPSA) is 45.6 Å². The Morgan fingerprint density at radius 3 is 2.32 bits per heavy atom. The van der Waals surface area contributed by atoms with Gasteiger partial charge in [0.25, 0.3) is 0 Å². The Balaban J connectivity index is 2.90. The SMILES string of the molecule is CCCC(=O)N(CC(=O)N(Cc1cccn1C)CC(C)C)C(C)CC. The van der Waals surface area contributed by atoms with Gasteiger partial charge in [-0.05, 0) is 37.8 Å². The fourth-order valence-corrected chi connectivity index (χ4v) is 2.87. The van der Waals surface area contributed by atoms with Gasteiger partial charge in [0.05, 0.1) is 13.1 Å². The quantitative estimate of drug-likeness (QED) is 0.649. The summed E-state index contributed by atoms with van der Waals surface area (Å²) >= 11 is 0. The first-order chi connectivity index (χ1) is 11.8. The predicted octanol–water partition coefficient (Wildman–Crippen LogP) is 3.44. The molecule has 1 rings (SSSR count). The van der Waals surface area contributed by atoms with Crippen molar-refractivity contribution >= 4 is 11.8 Å². The van der Waals surface area contributed by atoms with Crippen molar-refractivity contribution in [3.63, 3.8) is 0 Å². The molecular weight excluding hydrogens is 314 g/mol. The molecule has 0 saturated heterocycles. The lowest BCUT2D eigenvalue weighted by atomic mass is 10.1. The Bertz CT molecular complexity index is 551. The monoisotopic (exact) mass is 349 g/mol. The van der Waals surface area contributed by atoms with Crippen LogP contribution in [-0.4, -0.2) is 45.3 Å². The van der Waals surface area contributed by atoms with Crippen molar-refractivity contribution in [2.75, 3.05) is 13.1 Å². The summed E-state index contributed by atoms with van der Waals surface area (Å²) in [6.07, 6.45) is 4.15. The lowest BCUT2D eigenvalue weighted by molar-refractivity contribution is -0.143. The molecule has 5 heteroatoms. The summed E-state index contributed by atoms with van der Waals surface area (Å²) in [7, 11) is 1.99. The van der Waals surface area contributed by atoms with Gasteiger partial charge < -0.3 is 14.4 Å². The number of hydrogen-bond acceptors (Lipinski definition) is 2. The Hall–Kier alpha value is -1.78. The van der Waals surface area contributed by atoms with Gasteiger partial charge in [0.2, 0.25) is 11.8 Å². The molecule has 0 fully saturated rings. The van der Waals surface area contributed by atoms with Crippen LogP contribution in [0.5, 0.6) is 0 Å². The standard InChI is InChI=1S/C20H35N3O2/c1-7-10-19(24)23(17(5)8-2)15-20(25)22(13-16(3)4)14-18-11-9-12-21(18)6/h9,11-12,16-17H,7-8,10,13-15H2,1-6H3. The number of hydrogen-bond donors (Lipinski definition) is 0. The van der Waals surface area contributed by atoms with Crippen molar-refractivity contribution in [1.82, 2.24) is 14.4 Å². The minimum atomic E-state index is 0.0275. The average molecular weight is 350 g/mol. The summed E-state index contributed by atoms with van der Waals surface area (Å²) in [5, 5.41) is 0. The summed E-state index contributed by atoms with van der Waals surface area (Å²) in [5.41, 5.74) is 1.10. The van der Waals surface area contributed by atoms with Crippen molar-refractivity contribution < 1.29 is 9.59 Å². The van der Waals surface area contributed by atoms with Crippen LogP contribution < -0.4 is 0 Å². The van der Waals surface area contributed by atoms with E-state index in [2.05, 4.69) is 20.8 Å². The fraction of sp³-hybridized carbons (Fsp3) is 0.700. The second-order valence-electron chi connectivity index (χ2n) is 7.31. The van der Waals surface area contributed by atoms with E-state index in [0.29, 0.717) is 25.4 Å². The van der Waals surface area contributed by atoms with Gasteiger partial charge in [-0.15, -0.1) is 0 Å². The highest BCUT2D eigenvalue weighted by molar-refractivity contribution is 5.85. The fourth-order valence-electron chi connectivity index (χ4n) is 2.87. The molecule has 1 aromatic rings. The molecule has 0 radical (unpaired) electrons. The zero-order valence-electron chi connectivity index (χ0n) is 16.8. The van der Waals surface area contributed by atoms with E-state index in [9.17, 15) is 9.59 Å². The van der Waals surface area contributed by atoms with E-state index in [1.165, 1.54) is 0 Å². The second kappa shape index (κ2) is 10.3. The third-order valence-corrected chi connectivity index (χ3v) is 4.56. The molecule has 0 saturated carbocycles. The van der Waals surface area contributed by atoms with Crippen LogP contribution in [0.25, 0.3) is 0 Å². The number of carbonyl (C=O) groups is 2. The molecule has 0 aliphatic carbocycles. The van der Waals surface area contributed by atoms with Crippen LogP contribution in [0, 0.1) is 5.92 Å². The lowest BCUT2D eigenvalue weighted by Crippen LogP contribution is -2.47. The minimum Gasteiger partial charge on any atom is -0.353 e. The molecule has 0 aliphatic rings. The van der Waals surface area contributed by atoms with E-state index in [1.807, 2.05) is 48.7 Å². The Labute approximate surface area is 153 Å². The average Bonchev–Trinajstić information content (AvgIpc) is 2.95. The van der Waals surface area contributed by atoms with E-state index < -0.39 is 0 Å². The van der Waals surface area contributed by atoms with Crippen LogP contribution >= 0.6 is 0 Å². The molecule has 25 heavy (non-hydrogen) atoms. The Morgan fingerprint density at radius 1 is 1.16 bits per heavy atom. The molecule has 0 N–H and O–H groups in total. The number of amides is 2. The van der Waals surface area contributed by atoms with Crippen LogP contribution in [-0.2, 0) is 23.2 Å². The summed E-state index contributed by atoms with van der Waals surface area (Å²) in [4.78, 5) is 29.1. The number of rotatable bonds is 10. The summed E-state index contributed by atoms with van der Waals surface area (Å²) < 4.78 is 2.04. The van der Waals surface area contributed by atoms with Gasteiger partial charge in [-0.1, -0.05) is 27.7 Å². The zero-order chi connectivity index (χ0) is 19.0. The molecule has 1 unspecified atom stereocenters. The van der Waals surface area contributed by atoms with Crippen LogP contribution in [0.4, 0.5) is 0 Å². The number of aryl methyl sites for hydroxylation is 1. The van der Waals surface area contributed by atoms with Gasteiger partial charge in [-0.2, -0.15) is 0 Å². The molecule has 1 aromatic heterocycles. The van der Waals surface area contributed by atoms with E-state index >= 15 is 0 Å². The Morgan fingerprint density at radius 2 is 1.84 bits per heavy atom. The predicted molar refractivity (Wildman–Crippen MR) is 102 cm³/mol. The molecule has 1 heterocycles. The van der Waals surface area contributed by atoms with Crippen molar-refractivity contribution in [3.8, 4) is 0 Å². The molecule has 2 amide bonds. The maximum Gasteiger partial charge on any atom is 0.242 e. The third-order valence-electron chi connectivity index (χ3n) is 4.56. The molecule has 142 valence electrons. The van der Waals surface area contributed by atoms with E-state index in [1.54, 1.807) is 4.90 Å².